The molecule has 1 heterocycles. The predicted molar refractivity (Wildman–Crippen MR) is 55.4 cm³/mol. The van der Waals surface area contributed by atoms with Gasteiger partial charge in [-0.1, -0.05) is 0 Å². The van der Waals surface area contributed by atoms with E-state index in [1.807, 2.05) is 0 Å². The van der Waals surface area contributed by atoms with Crippen LogP contribution < -0.4 is 10.5 Å². The molecule has 80 valence electrons. The maximum Gasteiger partial charge on any atom is 0.213 e. The number of aromatic nitrogens is 1. The summed E-state index contributed by atoms with van der Waals surface area (Å²) in [6.07, 6.45) is 0.615. The van der Waals surface area contributed by atoms with Crippen LogP contribution in [0.25, 0.3) is 0 Å². The third-order valence-electron chi connectivity index (χ3n) is 1.50. The zero-order valence-electron chi connectivity index (χ0n) is 7.94. The molecule has 1 aromatic heterocycles. The molecule has 14 heavy (non-hydrogen) atoms. The molecule has 1 rings (SSSR count). The molecule has 0 radical (unpaired) electrons. The summed E-state index contributed by atoms with van der Waals surface area (Å²) in [6.45, 7) is 1.90. The summed E-state index contributed by atoms with van der Waals surface area (Å²) in [5, 5.41) is 0. The summed E-state index contributed by atoms with van der Waals surface area (Å²) in [7, 11) is 0. The average molecular weight is 221 g/mol. The molecule has 3 nitrogen and oxygen atoms in total. The summed E-state index contributed by atoms with van der Waals surface area (Å²) in [5.74, 6) is 0.424. The minimum Gasteiger partial charge on any atom is -0.475 e. The van der Waals surface area contributed by atoms with E-state index >= 15 is 0 Å². The van der Waals surface area contributed by atoms with Crippen LogP contribution in [0.3, 0.4) is 0 Å². The van der Waals surface area contributed by atoms with Gasteiger partial charge < -0.3 is 10.5 Å². The normalized spacial score (nSPS) is 11.6. The number of ether oxygens (including phenoxy) is 1. The van der Waals surface area contributed by atoms with Crippen LogP contribution in [0.15, 0.2) is 18.3 Å². The Morgan fingerprint density at radius 3 is 2.93 bits per heavy atom. The number of hydrogen-bond donors (Lipinski definition) is 1. The van der Waals surface area contributed by atoms with Crippen molar-refractivity contribution in [1.29, 1.82) is 0 Å². The van der Waals surface area contributed by atoms with Crippen molar-refractivity contribution in [3.8, 4) is 5.88 Å². The fourth-order valence-corrected chi connectivity index (χ4v) is 0.857. The van der Waals surface area contributed by atoms with Crippen molar-refractivity contribution in [2.45, 2.75) is 19.6 Å². The van der Waals surface area contributed by atoms with Gasteiger partial charge in [-0.05, 0) is 18.6 Å². The Kier molecular flexibility index (Phi) is 6.16. The molecule has 0 fully saturated rings. The molecular formula is C9H14ClFN2O. The topological polar surface area (TPSA) is 48.1 Å². The SMILES string of the molecule is CC(F)COc1cc(CN)ccn1.Cl. The lowest BCUT2D eigenvalue weighted by Gasteiger charge is -2.06. The van der Waals surface area contributed by atoms with Gasteiger partial charge in [0.05, 0.1) is 0 Å². The molecule has 0 amide bonds. The van der Waals surface area contributed by atoms with Crippen molar-refractivity contribution in [3.05, 3.63) is 23.9 Å². The van der Waals surface area contributed by atoms with Crippen molar-refractivity contribution >= 4 is 12.4 Å². The number of alkyl halides is 1. The Morgan fingerprint density at radius 2 is 2.36 bits per heavy atom. The van der Waals surface area contributed by atoms with E-state index < -0.39 is 6.17 Å². The summed E-state index contributed by atoms with van der Waals surface area (Å²) in [5.41, 5.74) is 6.34. The first-order chi connectivity index (χ1) is 6.22. The van der Waals surface area contributed by atoms with Crippen LogP contribution in [-0.2, 0) is 6.54 Å². The number of hydrogen-bond acceptors (Lipinski definition) is 3. The molecule has 0 saturated carbocycles. The van der Waals surface area contributed by atoms with Crippen molar-refractivity contribution in [3.63, 3.8) is 0 Å². The van der Waals surface area contributed by atoms with E-state index in [0.29, 0.717) is 12.4 Å². The lowest BCUT2D eigenvalue weighted by atomic mass is 10.3. The van der Waals surface area contributed by atoms with Crippen molar-refractivity contribution < 1.29 is 9.13 Å². The molecule has 1 aromatic rings. The van der Waals surface area contributed by atoms with E-state index in [1.54, 1.807) is 18.3 Å². The Bertz CT molecular complexity index is 271. The number of halogens is 2. The highest BCUT2D eigenvalue weighted by atomic mass is 35.5. The monoisotopic (exact) mass is 220 g/mol. The molecule has 0 spiro atoms. The van der Waals surface area contributed by atoms with Gasteiger partial charge in [0, 0.05) is 18.8 Å². The van der Waals surface area contributed by atoms with Crippen LogP contribution in [0.5, 0.6) is 5.88 Å². The zero-order chi connectivity index (χ0) is 9.68. The molecule has 0 aromatic carbocycles. The molecule has 0 saturated heterocycles. The number of pyridine rings is 1. The smallest absolute Gasteiger partial charge is 0.213 e. The van der Waals surface area contributed by atoms with Gasteiger partial charge in [0.25, 0.3) is 0 Å². The molecule has 0 bridgehead atoms. The van der Waals surface area contributed by atoms with Crippen LogP contribution in [0.1, 0.15) is 12.5 Å². The van der Waals surface area contributed by atoms with Crippen LogP contribution >= 0.6 is 12.4 Å². The Labute approximate surface area is 88.9 Å². The van der Waals surface area contributed by atoms with Crippen molar-refractivity contribution in [2.75, 3.05) is 6.61 Å². The van der Waals surface area contributed by atoms with Crippen LogP contribution in [-0.4, -0.2) is 17.8 Å². The highest BCUT2D eigenvalue weighted by molar-refractivity contribution is 5.85. The standard InChI is InChI=1S/C9H13FN2O.ClH/c1-7(10)6-13-9-4-8(5-11)2-3-12-9;/h2-4,7H,5-6,11H2,1H3;1H. The lowest BCUT2D eigenvalue weighted by Crippen LogP contribution is -2.09. The number of nitrogens with zero attached hydrogens (tertiary/aromatic N) is 1. The average Bonchev–Trinajstić information content (AvgIpc) is 2.15. The van der Waals surface area contributed by atoms with E-state index in [1.165, 1.54) is 6.92 Å². The number of nitrogens with two attached hydrogens (primary N) is 1. The Morgan fingerprint density at radius 1 is 1.64 bits per heavy atom. The van der Waals surface area contributed by atoms with Gasteiger partial charge in [-0.2, -0.15) is 0 Å². The first-order valence-corrected chi connectivity index (χ1v) is 4.14. The van der Waals surface area contributed by atoms with Crippen LogP contribution in [0.4, 0.5) is 4.39 Å². The second-order valence-corrected chi connectivity index (χ2v) is 2.80. The van der Waals surface area contributed by atoms with E-state index in [4.69, 9.17) is 10.5 Å². The first-order valence-electron chi connectivity index (χ1n) is 4.14. The lowest BCUT2D eigenvalue weighted by molar-refractivity contribution is 0.204. The van der Waals surface area contributed by atoms with Gasteiger partial charge in [0.15, 0.2) is 0 Å². The number of rotatable bonds is 4. The molecule has 0 aliphatic rings. The second-order valence-electron chi connectivity index (χ2n) is 2.80. The predicted octanol–water partition coefficient (Wildman–Crippen LogP) is 1.70. The largest absolute Gasteiger partial charge is 0.475 e. The molecular weight excluding hydrogens is 207 g/mol. The molecule has 1 atom stereocenters. The molecule has 2 N–H and O–H groups in total. The van der Waals surface area contributed by atoms with Gasteiger partial charge in [0.2, 0.25) is 5.88 Å². The Balaban J connectivity index is 0.00000169. The van der Waals surface area contributed by atoms with Gasteiger partial charge >= 0.3 is 0 Å². The third kappa shape index (κ3) is 4.39. The third-order valence-corrected chi connectivity index (χ3v) is 1.50. The van der Waals surface area contributed by atoms with E-state index in [0.717, 1.165) is 5.56 Å². The van der Waals surface area contributed by atoms with Gasteiger partial charge in [-0.15, -0.1) is 12.4 Å². The van der Waals surface area contributed by atoms with Crippen molar-refractivity contribution in [2.24, 2.45) is 5.73 Å². The molecule has 1 unspecified atom stereocenters. The highest BCUT2D eigenvalue weighted by Crippen LogP contribution is 2.09. The molecule has 0 aliphatic heterocycles. The first kappa shape index (κ1) is 13.1. The molecule has 0 aliphatic carbocycles. The van der Waals surface area contributed by atoms with Crippen molar-refractivity contribution in [1.82, 2.24) is 4.98 Å². The maximum atomic E-state index is 12.4. The zero-order valence-corrected chi connectivity index (χ0v) is 8.76. The minimum absolute atomic E-state index is 0. The van der Waals surface area contributed by atoms with E-state index in [2.05, 4.69) is 4.98 Å². The summed E-state index contributed by atoms with van der Waals surface area (Å²) >= 11 is 0. The fraction of sp³-hybridized carbons (Fsp3) is 0.444. The summed E-state index contributed by atoms with van der Waals surface area (Å²) < 4.78 is 17.5. The van der Waals surface area contributed by atoms with Crippen LogP contribution in [0, 0.1) is 0 Å². The van der Waals surface area contributed by atoms with Crippen LogP contribution in [0.2, 0.25) is 0 Å². The van der Waals surface area contributed by atoms with Gasteiger partial charge in [-0.25, -0.2) is 9.37 Å². The van der Waals surface area contributed by atoms with Gasteiger partial charge in [0.1, 0.15) is 12.8 Å². The quantitative estimate of drug-likeness (QED) is 0.840. The Hall–Kier alpha value is -0.870. The fourth-order valence-electron chi connectivity index (χ4n) is 0.857. The van der Waals surface area contributed by atoms with E-state index in [-0.39, 0.29) is 19.0 Å². The summed E-state index contributed by atoms with van der Waals surface area (Å²) in [4.78, 5) is 3.91. The summed E-state index contributed by atoms with van der Waals surface area (Å²) in [6, 6.07) is 3.51. The van der Waals surface area contributed by atoms with E-state index in [9.17, 15) is 4.39 Å². The van der Waals surface area contributed by atoms with Gasteiger partial charge in [-0.3, -0.25) is 0 Å². The second kappa shape index (κ2) is 6.56. The maximum absolute atomic E-state index is 12.4. The highest BCUT2D eigenvalue weighted by Gasteiger charge is 2.01. The minimum atomic E-state index is -0.983. The molecule has 5 heteroatoms.